The van der Waals surface area contributed by atoms with Crippen molar-refractivity contribution in [3.63, 3.8) is 0 Å². The van der Waals surface area contributed by atoms with E-state index in [1.54, 1.807) is 24.3 Å². The quantitative estimate of drug-likeness (QED) is 0.829. The normalized spacial score (nSPS) is 23.6. The Bertz CT molecular complexity index is 587. The predicted molar refractivity (Wildman–Crippen MR) is 71.3 cm³/mol. The maximum atomic E-state index is 12.4. The smallest absolute Gasteiger partial charge is 0.326 e. The molecule has 0 aliphatic carbocycles. The lowest BCUT2D eigenvalue weighted by Gasteiger charge is -2.23. The molecule has 2 N–H and O–H groups in total. The SMILES string of the molecule is CC(C(=O)O)N1C(=O)NC(C)(c2ccc(Cl)cc2)C1=O. The number of benzene rings is 1. The number of nitrogens with one attached hydrogen (secondary N) is 1. The van der Waals surface area contributed by atoms with Crippen molar-refractivity contribution < 1.29 is 19.5 Å². The van der Waals surface area contributed by atoms with Crippen LogP contribution < -0.4 is 5.32 Å². The first-order valence-electron chi connectivity index (χ1n) is 5.92. The minimum atomic E-state index is -1.29. The molecule has 1 aromatic carbocycles. The molecule has 6 nitrogen and oxygen atoms in total. The number of carbonyl (C=O) groups excluding carboxylic acids is 2. The molecule has 0 spiro atoms. The van der Waals surface area contributed by atoms with Crippen molar-refractivity contribution in [1.29, 1.82) is 0 Å². The molecule has 3 amide bonds. The zero-order valence-corrected chi connectivity index (χ0v) is 11.6. The van der Waals surface area contributed by atoms with Gasteiger partial charge in [0.05, 0.1) is 0 Å². The number of carboxylic acids is 1. The van der Waals surface area contributed by atoms with Crippen molar-refractivity contribution in [3.8, 4) is 0 Å². The molecule has 1 aromatic rings. The van der Waals surface area contributed by atoms with Crippen LogP contribution >= 0.6 is 11.6 Å². The number of amides is 3. The minimum Gasteiger partial charge on any atom is -0.480 e. The van der Waals surface area contributed by atoms with E-state index in [9.17, 15) is 14.4 Å². The van der Waals surface area contributed by atoms with Gasteiger partial charge in [-0.05, 0) is 31.5 Å². The van der Waals surface area contributed by atoms with Gasteiger partial charge in [0.15, 0.2) is 0 Å². The molecule has 106 valence electrons. The average Bonchev–Trinajstić information content (AvgIpc) is 2.61. The molecule has 0 saturated carbocycles. The van der Waals surface area contributed by atoms with E-state index in [4.69, 9.17) is 16.7 Å². The summed E-state index contributed by atoms with van der Waals surface area (Å²) in [4.78, 5) is 36.0. The fourth-order valence-electron chi connectivity index (χ4n) is 2.10. The highest BCUT2D eigenvalue weighted by molar-refractivity contribution is 6.30. The first kappa shape index (κ1) is 14.3. The highest BCUT2D eigenvalue weighted by Crippen LogP contribution is 2.30. The molecule has 1 heterocycles. The summed E-state index contributed by atoms with van der Waals surface area (Å²) in [6.45, 7) is 2.82. The van der Waals surface area contributed by atoms with Gasteiger partial charge in [-0.1, -0.05) is 23.7 Å². The Balaban J connectivity index is 2.40. The van der Waals surface area contributed by atoms with Gasteiger partial charge in [0.2, 0.25) is 0 Å². The van der Waals surface area contributed by atoms with Crippen LogP contribution in [0.1, 0.15) is 19.4 Å². The lowest BCUT2D eigenvalue weighted by atomic mass is 9.92. The van der Waals surface area contributed by atoms with Crippen molar-refractivity contribution in [1.82, 2.24) is 10.2 Å². The Morgan fingerprint density at radius 3 is 2.40 bits per heavy atom. The van der Waals surface area contributed by atoms with Crippen molar-refractivity contribution in [2.24, 2.45) is 0 Å². The van der Waals surface area contributed by atoms with Crippen LogP contribution in [0.15, 0.2) is 24.3 Å². The van der Waals surface area contributed by atoms with Crippen molar-refractivity contribution in [3.05, 3.63) is 34.9 Å². The Hall–Kier alpha value is -2.08. The second-order valence-corrected chi connectivity index (χ2v) is 5.19. The van der Waals surface area contributed by atoms with E-state index in [0.29, 0.717) is 10.6 Å². The monoisotopic (exact) mass is 296 g/mol. The zero-order chi connectivity index (χ0) is 15.1. The molecule has 0 radical (unpaired) electrons. The molecule has 1 aliphatic rings. The van der Waals surface area contributed by atoms with Crippen molar-refractivity contribution in [2.75, 3.05) is 0 Å². The predicted octanol–water partition coefficient (Wildman–Crippen LogP) is 1.58. The number of imide groups is 1. The first-order valence-corrected chi connectivity index (χ1v) is 6.30. The summed E-state index contributed by atoms with van der Waals surface area (Å²) in [6, 6.07) is 4.50. The third-order valence-corrected chi connectivity index (χ3v) is 3.64. The topological polar surface area (TPSA) is 86.7 Å². The molecule has 1 saturated heterocycles. The maximum Gasteiger partial charge on any atom is 0.326 e. The molecule has 0 aromatic heterocycles. The number of halogens is 1. The second kappa shape index (κ2) is 4.79. The molecule has 2 rings (SSSR count). The molecule has 1 aliphatic heterocycles. The molecule has 7 heteroatoms. The number of rotatable bonds is 3. The van der Waals surface area contributed by atoms with Gasteiger partial charge in [0.1, 0.15) is 11.6 Å². The van der Waals surface area contributed by atoms with Crippen LogP contribution in [0.25, 0.3) is 0 Å². The Kier molecular flexibility index (Phi) is 3.43. The highest BCUT2D eigenvalue weighted by atomic mass is 35.5. The highest BCUT2D eigenvalue weighted by Gasteiger charge is 2.51. The van der Waals surface area contributed by atoms with Crippen LogP contribution in [0.2, 0.25) is 5.02 Å². The number of carboxylic acid groups (broad SMARTS) is 1. The molecular weight excluding hydrogens is 284 g/mol. The number of hydrogen-bond acceptors (Lipinski definition) is 3. The van der Waals surface area contributed by atoms with Crippen molar-refractivity contribution >= 4 is 29.5 Å². The number of urea groups is 1. The molecular formula is C13H13ClN2O4. The van der Waals surface area contributed by atoms with Gasteiger partial charge in [-0.2, -0.15) is 0 Å². The van der Waals surface area contributed by atoms with Gasteiger partial charge >= 0.3 is 12.0 Å². The van der Waals surface area contributed by atoms with E-state index >= 15 is 0 Å². The van der Waals surface area contributed by atoms with Gasteiger partial charge in [-0.25, -0.2) is 14.5 Å². The molecule has 2 atom stereocenters. The van der Waals surface area contributed by atoms with E-state index in [1.807, 2.05) is 0 Å². The third kappa shape index (κ3) is 2.12. The molecule has 1 fully saturated rings. The summed E-state index contributed by atoms with van der Waals surface area (Å²) < 4.78 is 0. The molecule has 0 bridgehead atoms. The summed E-state index contributed by atoms with van der Waals surface area (Å²) in [5.41, 5.74) is -0.744. The molecule has 2 unspecified atom stereocenters. The minimum absolute atomic E-state index is 0.505. The largest absolute Gasteiger partial charge is 0.480 e. The van der Waals surface area contributed by atoms with E-state index in [2.05, 4.69) is 5.32 Å². The standard InChI is InChI=1S/C13H13ClN2O4/c1-7(10(17)18)16-11(19)13(2,15-12(16)20)8-3-5-9(14)6-4-8/h3-7H,1-2H3,(H,15,20)(H,17,18). The van der Waals surface area contributed by atoms with E-state index in [0.717, 1.165) is 4.90 Å². The fraction of sp³-hybridized carbons (Fsp3) is 0.308. The third-order valence-electron chi connectivity index (χ3n) is 3.39. The van der Waals surface area contributed by atoms with E-state index in [1.165, 1.54) is 13.8 Å². The summed E-state index contributed by atoms with van der Waals surface area (Å²) in [6.07, 6.45) is 0. The Labute approximate surface area is 120 Å². The number of carbonyl (C=O) groups is 3. The van der Waals surface area contributed by atoms with Crippen LogP contribution in [-0.2, 0) is 15.1 Å². The lowest BCUT2D eigenvalue weighted by Crippen LogP contribution is -2.45. The van der Waals surface area contributed by atoms with Crippen LogP contribution in [0.5, 0.6) is 0 Å². The van der Waals surface area contributed by atoms with Gasteiger partial charge in [0.25, 0.3) is 5.91 Å². The van der Waals surface area contributed by atoms with Gasteiger partial charge in [-0.15, -0.1) is 0 Å². The van der Waals surface area contributed by atoms with Gasteiger partial charge in [-0.3, -0.25) is 4.79 Å². The van der Waals surface area contributed by atoms with Crippen LogP contribution in [-0.4, -0.2) is 34.0 Å². The van der Waals surface area contributed by atoms with Crippen LogP contribution in [0.4, 0.5) is 4.79 Å². The summed E-state index contributed by atoms with van der Waals surface area (Å²) in [5, 5.41) is 12.0. The lowest BCUT2D eigenvalue weighted by molar-refractivity contribution is -0.147. The summed E-state index contributed by atoms with van der Waals surface area (Å²) in [5.74, 6) is -1.84. The van der Waals surface area contributed by atoms with Crippen LogP contribution in [0.3, 0.4) is 0 Å². The van der Waals surface area contributed by atoms with E-state index in [-0.39, 0.29) is 0 Å². The average molecular weight is 297 g/mol. The van der Waals surface area contributed by atoms with Gasteiger partial charge < -0.3 is 10.4 Å². The van der Waals surface area contributed by atoms with Crippen LogP contribution in [0, 0.1) is 0 Å². The number of hydrogen-bond donors (Lipinski definition) is 2. The van der Waals surface area contributed by atoms with Crippen molar-refractivity contribution in [2.45, 2.75) is 25.4 Å². The number of nitrogens with zero attached hydrogens (tertiary/aromatic N) is 1. The second-order valence-electron chi connectivity index (χ2n) is 4.75. The fourth-order valence-corrected chi connectivity index (χ4v) is 2.23. The zero-order valence-electron chi connectivity index (χ0n) is 10.9. The maximum absolute atomic E-state index is 12.4. The summed E-state index contributed by atoms with van der Waals surface area (Å²) in [7, 11) is 0. The number of aliphatic carboxylic acids is 1. The Morgan fingerprint density at radius 2 is 1.90 bits per heavy atom. The summed E-state index contributed by atoms with van der Waals surface area (Å²) >= 11 is 5.79. The van der Waals surface area contributed by atoms with E-state index < -0.39 is 29.5 Å². The Morgan fingerprint density at radius 1 is 1.35 bits per heavy atom. The first-order chi connectivity index (χ1) is 9.27. The molecule has 20 heavy (non-hydrogen) atoms. The van der Waals surface area contributed by atoms with Gasteiger partial charge in [0, 0.05) is 5.02 Å².